The lowest BCUT2D eigenvalue weighted by molar-refractivity contribution is -0.140. The van der Waals surface area contributed by atoms with Crippen molar-refractivity contribution in [1.82, 2.24) is 15.5 Å². The molecular formula is C17H25N3O2. The van der Waals surface area contributed by atoms with Gasteiger partial charge in [-0.3, -0.25) is 14.5 Å². The van der Waals surface area contributed by atoms with Gasteiger partial charge in [0.25, 0.3) is 0 Å². The summed E-state index contributed by atoms with van der Waals surface area (Å²) in [5.41, 5.74) is 1.31. The third-order valence-corrected chi connectivity index (χ3v) is 3.80. The minimum absolute atomic E-state index is 0.0223. The number of piperidine rings is 1. The van der Waals surface area contributed by atoms with Crippen molar-refractivity contribution < 1.29 is 9.59 Å². The van der Waals surface area contributed by atoms with E-state index >= 15 is 0 Å². The van der Waals surface area contributed by atoms with E-state index in [9.17, 15) is 9.59 Å². The molecule has 0 saturated carbocycles. The van der Waals surface area contributed by atoms with Gasteiger partial charge in [-0.1, -0.05) is 30.3 Å². The van der Waals surface area contributed by atoms with E-state index in [1.165, 1.54) is 5.56 Å². The van der Waals surface area contributed by atoms with E-state index in [-0.39, 0.29) is 12.1 Å². The largest absolute Gasteiger partial charge is 0.346 e. The lowest BCUT2D eigenvalue weighted by Gasteiger charge is -2.32. The molecule has 0 spiro atoms. The summed E-state index contributed by atoms with van der Waals surface area (Å²) < 4.78 is 0. The van der Waals surface area contributed by atoms with Crippen molar-refractivity contribution in [1.29, 1.82) is 0 Å². The smallest absolute Gasteiger partial charge is 0.309 e. The molecule has 0 radical (unpaired) electrons. The molecule has 1 aromatic carbocycles. The Balaban J connectivity index is 1.73. The van der Waals surface area contributed by atoms with Crippen LogP contribution in [0, 0.1) is 0 Å². The number of rotatable bonds is 4. The SMILES string of the molecule is CC(C)NC(=O)C(=O)NC1CCN(Cc2ccccc2)CC1. The molecule has 5 nitrogen and oxygen atoms in total. The topological polar surface area (TPSA) is 61.4 Å². The van der Waals surface area contributed by atoms with Gasteiger partial charge in [-0.15, -0.1) is 0 Å². The van der Waals surface area contributed by atoms with Crippen LogP contribution in [0.25, 0.3) is 0 Å². The Hall–Kier alpha value is -1.88. The zero-order valence-electron chi connectivity index (χ0n) is 13.3. The van der Waals surface area contributed by atoms with E-state index in [0.29, 0.717) is 0 Å². The first-order valence-electron chi connectivity index (χ1n) is 7.92. The average molecular weight is 303 g/mol. The summed E-state index contributed by atoms with van der Waals surface area (Å²) in [6.45, 7) is 6.49. The number of benzene rings is 1. The van der Waals surface area contributed by atoms with Crippen molar-refractivity contribution in [2.45, 2.75) is 45.3 Å². The second kappa shape index (κ2) is 7.94. The van der Waals surface area contributed by atoms with Crippen LogP contribution in [0.2, 0.25) is 0 Å². The number of carbonyl (C=O) groups excluding carboxylic acids is 2. The molecule has 1 aliphatic heterocycles. The molecule has 120 valence electrons. The van der Waals surface area contributed by atoms with Gasteiger partial charge in [0.2, 0.25) is 0 Å². The monoisotopic (exact) mass is 303 g/mol. The van der Waals surface area contributed by atoms with E-state index in [1.807, 2.05) is 19.9 Å². The van der Waals surface area contributed by atoms with Gasteiger partial charge in [-0.25, -0.2) is 0 Å². The van der Waals surface area contributed by atoms with Crippen LogP contribution in [0.4, 0.5) is 0 Å². The van der Waals surface area contributed by atoms with Gasteiger partial charge < -0.3 is 10.6 Å². The van der Waals surface area contributed by atoms with E-state index in [2.05, 4.69) is 39.8 Å². The molecule has 0 aromatic heterocycles. The Morgan fingerprint density at radius 3 is 2.36 bits per heavy atom. The molecule has 1 heterocycles. The average Bonchev–Trinajstić information content (AvgIpc) is 2.49. The summed E-state index contributed by atoms with van der Waals surface area (Å²) in [5.74, 6) is -1.06. The number of carbonyl (C=O) groups is 2. The van der Waals surface area contributed by atoms with Crippen LogP contribution in [-0.2, 0) is 16.1 Å². The lowest BCUT2D eigenvalue weighted by atomic mass is 10.0. The fourth-order valence-corrected chi connectivity index (χ4v) is 2.66. The first-order chi connectivity index (χ1) is 10.5. The van der Waals surface area contributed by atoms with Crippen LogP contribution in [0.15, 0.2) is 30.3 Å². The molecule has 2 rings (SSSR count). The molecule has 0 bridgehead atoms. The highest BCUT2D eigenvalue weighted by atomic mass is 16.2. The van der Waals surface area contributed by atoms with Gasteiger partial charge in [0.15, 0.2) is 0 Å². The normalized spacial score (nSPS) is 16.5. The summed E-state index contributed by atoms with van der Waals surface area (Å²) in [5, 5.41) is 5.44. The Morgan fingerprint density at radius 2 is 1.77 bits per heavy atom. The molecule has 22 heavy (non-hydrogen) atoms. The van der Waals surface area contributed by atoms with Crippen molar-refractivity contribution in [2.75, 3.05) is 13.1 Å². The molecule has 1 aliphatic rings. The van der Waals surface area contributed by atoms with Gasteiger partial charge in [0, 0.05) is 31.7 Å². The highest BCUT2D eigenvalue weighted by Gasteiger charge is 2.23. The predicted octanol–water partition coefficient (Wildman–Crippen LogP) is 1.29. The minimum Gasteiger partial charge on any atom is -0.346 e. The Bertz CT molecular complexity index is 494. The summed E-state index contributed by atoms with van der Waals surface area (Å²) >= 11 is 0. The van der Waals surface area contributed by atoms with Crippen LogP contribution >= 0.6 is 0 Å². The van der Waals surface area contributed by atoms with Crippen LogP contribution < -0.4 is 10.6 Å². The molecule has 0 unspecified atom stereocenters. The van der Waals surface area contributed by atoms with Gasteiger partial charge in [0.1, 0.15) is 0 Å². The van der Waals surface area contributed by atoms with E-state index in [1.54, 1.807) is 0 Å². The number of amides is 2. The number of likely N-dealkylation sites (tertiary alicyclic amines) is 1. The van der Waals surface area contributed by atoms with Crippen molar-refractivity contribution >= 4 is 11.8 Å². The van der Waals surface area contributed by atoms with Crippen molar-refractivity contribution in [3.8, 4) is 0 Å². The molecule has 2 N–H and O–H groups in total. The molecule has 0 aliphatic carbocycles. The standard InChI is InChI=1S/C17H25N3O2/c1-13(2)18-16(21)17(22)19-15-8-10-20(11-9-15)12-14-6-4-3-5-7-14/h3-7,13,15H,8-12H2,1-2H3,(H,18,21)(H,19,22). The fourth-order valence-electron chi connectivity index (χ4n) is 2.66. The Morgan fingerprint density at radius 1 is 1.14 bits per heavy atom. The fraction of sp³-hybridized carbons (Fsp3) is 0.529. The summed E-state index contributed by atoms with van der Waals surface area (Å²) in [7, 11) is 0. The van der Waals surface area contributed by atoms with Crippen LogP contribution in [-0.4, -0.2) is 41.9 Å². The highest BCUT2D eigenvalue weighted by Crippen LogP contribution is 2.13. The van der Waals surface area contributed by atoms with Crippen molar-refractivity contribution in [3.05, 3.63) is 35.9 Å². The predicted molar refractivity (Wildman–Crippen MR) is 86.2 cm³/mol. The minimum atomic E-state index is -0.540. The molecule has 1 saturated heterocycles. The quantitative estimate of drug-likeness (QED) is 0.824. The molecule has 1 aromatic rings. The number of nitrogens with one attached hydrogen (secondary N) is 2. The Labute approximate surface area is 132 Å². The van der Waals surface area contributed by atoms with Gasteiger partial charge >= 0.3 is 11.8 Å². The van der Waals surface area contributed by atoms with E-state index in [4.69, 9.17) is 0 Å². The van der Waals surface area contributed by atoms with E-state index in [0.717, 1.165) is 32.5 Å². The number of hydrogen-bond acceptors (Lipinski definition) is 3. The zero-order chi connectivity index (χ0) is 15.9. The molecule has 0 atom stereocenters. The third kappa shape index (κ3) is 5.15. The molecular weight excluding hydrogens is 278 g/mol. The summed E-state index contributed by atoms with van der Waals surface area (Å²) in [4.78, 5) is 25.8. The summed E-state index contributed by atoms with van der Waals surface area (Å²) in [6.07, 6.45) is 1.76. The lowest BCUT2D eigenvalue weighted by Crippen LogP contribution is -2.49. The van der Waals surface area contributed by atoms with Crippen molar-refractivity contribution in [2.24, 2.45) is 0 Å². The van der Waals surface area contributed by atoms with Crippen LogP contribution in [0.1, 0.15) is 32.3 Å². The molecule has 1 fully saturated rings. The Kier molecular flexibility index (Phi) is 5.95. The van der Waals surface area contributed by atoms with Crippen LogP contribution in [0.3, 0.4) is 0 Å². The van der Waals surface area contributed by atoms with Gasteiger partial charge in [0.05, 0.1) is 0 Å². The zero-order valence-corrected chi connectivity index (χ0v) is 13.3. The first kappa shape index (κ1) is 16.5. The maximum Gasteiger partial charge on any atom is 0.309 e. The van der Waals surface area contributed by atoms with Gasteiger partial charge in [-0.05, 0) is 32.3 Å². The maximum atomic E-state index is 11.8. The second-order valence-electron chi connectivity index (χ2n) is 6.14. The molecule has 2 amide bonds. The first-order valence-corrected chi connectivity index (χ1v) is 7.92. The highest BCUT2D eigenvalue weighted by molar-refractivity contribution is 6.35. The maximum absolute atomic E-state index is 11.8. The van der Waals surface area contributed by atoms with Gasteiger partial charge in [-0.2, -0.15) is 0 Å². The molecule has 5 heteroatoms. The van der Waals surface area contributed by atoms with Crippen molar-refractivity contribution in [3.63, 3.8) is 0 Å². The second-order valence-corrected chi connectivity index (χ2v) is 6.14. The number of nitrogens with zero attached hydrogens (tertiary/aromatic N) is 1. The third-order valence-electron chi connectivity index (χ3n) is 3.80. The van der Waals surface area contributed by atoms with Crippen LogP contribution in [0.5, 0.6) is 0 Å². The summed E-state index contributed by atoms with van der Waals surface area (Å²) in [6, 6.07) is 10.5. The number of hydrogen-bond donors (Lipinski definition) is 2. The van der Waals surface area contributed by atoms with E-state index < -0.39 is 11.8 Å².